The van der Waals surface area contributed by atoms with Crippen LogP contribution in [-0.2, 0) is 6.54 Å². The molecule has 3 rings (SSSR count). The summed E-state index contributed by atoms with van der Waals surface area (Å²) in [6.07, 6.45) is 3.28. The zero-order valence-corrected chi connectivity index (χ0v) is 17.1. The predicted molar refractivity (Wildman–Crippen MR) is 112 cm³/mol. The van der Waals surface area contributed by atoms with E-state index in [9.17, 15) is 10.0 Å². The third kappa shape index (κ3) is 4.00. The first-order valence-corrected chi connectivity index (χ1v) is 9.91. The first kappa shape index (κ1) is 19.4. The number of hydrogen-bond donors (Lipinski definition) is 1. The number of nitroso groups, excluding NO2 is 1. The summed E-state index contributed by atoms with van der Waals surface area (Å²) in [5.41, 5.74) is 2.76. The van der Waals surface area contributed by atoms with Gasteiger partial charge in [0.2, 0.25) is 5.88 Å². The molecule has 1 N–H and O–H groups in total. The Morgan fingerprint density at radius 3 is 2.74 bits per heavy atom. The van der Waals surface area contributed by atoms with E-state index in [4.69, 9.17) is 4.74 Å². The van der Waals surface area contributed by atoms with Gasteiger partial charge in [-0.05, 0) is 42.3 Å². The Hall–Kier alpha value is -2.34. The van der Waals surface area contributed by atoms with Crippen molar-refractivity contribution < 1.29 is 9.84 Å². The fraction of sp³-hybridized carbons (Fsp3) is 0.333. The van der Waals surface area contributed by atoms with Crippen molar-refractivity contribution in [3.05, 3.63) is 56.9 Å². The van der Waals surface area contributed by atoms with Crippen molar-refractivity contribution in [2.45, 2.75) is 39.7 Å². The second-order valence-corrected chi connectivity index (χ2v) is 7.55. The van der Waals surface area contributed by atoms with Gasteiger partial charge in [-0.3, -0.25) is 0 Å². The molecule has 0 saturated heterocycles. The number of rotatable bonds is 8. The van der Waals surface area contributed by atoms with Gasteiger partial charge in [-0.25, -0.2) is 0 Å². The van der Waals surface area contributed by atoms with E-state index in [2.05, 4.69) is 28.0 Å². The van der Waals surface area contributed by atoms with Gasteiger partial charge in [0.25, 0.3) is 0 Å². The zero-order valence-electron chi connectivity index (χ0n) is 15.5. The molecule has 0 unspecified atom stereocenters. The summed E-state index contributed by atoms with van der Waals surface area (Å²) in [6, 6.07) is 11.6. The Bertz CT molecular complexity index is 966. The lowest BCUT2D eigenvalue weighted by molar-refractivity contribution is 0.302. The molecule has 0 atom stereocenters. The van der Waals surface area contributed by atoms with Gasteiger partial charge in [-0.15, -0.1) is 4.91 Å². The van der Waals surface area contributed by atoms with Crippen molar-refractivity contribution in [1.29, 1.82) is 0 Å². The van der Waals surface area contributed by atoms with Gasteiger partial charge < -0.3 is 14.4 Å². The SMILES string of the molecule is CCCCCOc1ccccc1Cn1c(O)c(N=O)c2cc(Br)cc(C)c21. The maximum absolute atomic E-state index is 11.3. The number of hydrogen-bond acceptors (Lipinski definition) is 4. The maximum atomic E-state index is 11.3. The van der Waals surface area contributed by atoms with Crippen LogP contribution in [0, 0.1) is 11.8 Å². The van der Waals surface area contributed by atoms with Crippen LogP contribution < -0.4 is 4.74 Å². The number of halogens is 1. The van der Waals surface area contributed by atoms with E-state index in [-0.39, 0.29) is 11.6 Å². The van der Waals surface area contributed by atoms with Crippen molar-refractivity contribution in [2.75, 3.05) is 6.61 Å². The Morgan fingerprint density at radius 1 is 1.22 bits per heavy atom. The van der Waals surface area contributed by atoms with Gasteiger partial charge in [0.1, 0.15) is 5.75 Å². The molecule has 0 amide bonds. The number of ether oxygens (including phenoxy) is 1. The average Bonchev–Trinajstić information content (AvgIpc) is 2.91. The van der Waals surface area contributed by atoms with Crippen molar-refractivity contribution in [1.82, 2.24) is 4.57 Å². The lowest BCUT2D eigenvalue weighted by atomic mass is 10.1. The number of para-hydroxylation sites is 1. The molecule has 0 aliphatic carbocycles. The van der Waals surface area contributed by atoms with Gasteiger partial charge in [-0.1, -0.05) is 53.9 Å². The molecule has 0 bridgehead atoms. The molecule has 3 aromatic rings. The third-order valence-electron chi connectivity index (χ3n) is 4.66. The molecule has 27 heavy (non-hydrogen) atoms. The minimum Gasteiger partial charge on any atom is -0.493 e. The fourth-order valence-electron chi connectivity index (χ4n) is 3.35. The molecular formula is C21H23BrN2O3. The van der Waals surface area contributed by atoms with Crippen LogP contribution in [0.15, 0.2) is 46.0 Å². The molecule has 0 aliphatic heterocycles. The highest BCUT2D eigenvalue weighted by atomic mass is 79.9. The summed E-state index contributed by atoms with van der Waals surface area (Å²) in [5, 5.41) is 14.3. The van der Waals surface area contributed by atoms with Crippen LogP contribution >= 0.6 is 15.9 Å². The number of unbranched alkanes of at least 4 members (excludes halogenated alkanes) is 2. The van der Waals surface area contributed by atoms with Gasteiger partial charge in [-0.2, -0.15) is 0 Å². The molecule has 5 nitrogen and oxygen atoms in total. The van der Waals surface area contributed by atoms with Crippen molar-refractivity contribution in [2.24, 2.45) is 5.18 Å². The van der Waals surface area contributed by atoms with Crippen LogP contribution in [0.25, 0.3) is 10.9 Å². The van der Waals surface area contributed by atoms with Crippen molar-refractivity contribution in [3.63, 3.8) is 0 Å². The summed E-state index contributed by atoms with van der Waals surface area (Å²) >= 11 is 3.45. The molecular weight excluding hydrogens is 408 g/mol. The molecule has 1 aromatic heterocycles. The lowest BCUT2D eigenvalue weighted by Crippen LogP contribution is -2.05. The highest BCUT2D eigenvalue weighted by Crippen LogP contribution is 2.42. The first-order valence-electron chi connectivity index (χ1n) is 9.12. The molecule has 6 heteroatoms. The predicted octanol–water partition coefficient (Wildman–Crippen LogP) is 6.43. The van der Waals surface area contributed by atoms with E-state index in [1.54, 1.807) is 4.57 Å². The van der Waals surface area contributed by atoms with Crippen molar-refractivity contribution in [3.8, 4) is 11.6 Å². The molecule has 0 fully saturated rings. The summed E-state index contributed by atoms with van der Waals surface area (Å²) in [7, 11) is 0. The highest BCUT2D eigenvalue weighted by Gasteiger charge is 2.20. The van der Waals surface area contributed by atoms with E-state index < -0.39 is 0 Å². The van der Waals surface area contributed by atoms with E-state index in [0.717, 1.165) is 46.1 Å². The van der Waals surface area contributed by atoms with E-state index >= 15 is 0 Å². The van der Waals surface area contributed by atoms with E-state index in [0.29, 0.717) is 18.5 Å². The van der Waals surface area contributed by atoms with Gasteiger partial charge in [0.05, 0.1) is 18.7 Å². The third-order valence-corrected chi connectivity index (χ3v) is 5.11. The molecule has 0 radical (unpaired) electrons. The van der Waals surface area contributed by atoms with Crippen LogP contribution in [0.4, 0.5) is 5.69 Å². The van der Waals surface area contributed by atoms with Crippen LogP contribution in [0.3, 0.4) is 0 Å². The van der Waals surface area contributed by atoms with Crippen LogP contribution in [0.2, 0.25) is 0 Å². The second kappa shape index (κ2) is 8.57. The summed E-state index contributed by atoms with van der Waals surface area (Å²) in [4.78, 5) is 11.3. The Morgan fingerprint density at radius 2 is 2.00 bits per heavy atom. The standard InChI is InChI=1S/C21H23BrN2O3/c1-3-4-7-10-27-18-9-6-5-8-15(18)13-24-20-14(2)11-16(22)12-17(20)19(23-26)21(24)25/h5-6,8-9,11-12,25H,3-4,7,10,13H2,1-2H3. The van der Waals surface area contributed by atoms with Crippen molar-refractivity contribution >= 4 is 32.5 Å². The minimum absolute atomic E-state index is 0.0655. The monoisotopic (exact) mass is 430 g/mol. The zero-order chi connectivity index (χ0) is 19.4. The number of aromatic nitrogens is 1. The largest absolute Gasteiger partial charge is 0.493 e. The summed E-state index contributed by atoms with van der Waals surface area (Å²) < 4.78 is 8.52. The van der Waals surface area contributed by atoms with E-state index in [1.807, 2.05) is 43.3 Å². The fourth-order valence-corrected chi connectivity index (χ4v) is 3.92. The normalized spacial score (nSPS) is 11.1. The molecule has 0 aliphatic rings. The van der Waals surface area contributed by atoms with Crippen LogP contribution in [-0.4, -0.2) is 16.3 Å². The number of aromatic hydroxyl groups is 1. The maximum Gasteiger partial charge on any atom is 0.222 e. The van der Waals surface area contributed by atoms with Gasteiger partial charge >= 0.3 is 0 Å². The Labute approximate surface area is 167 Å². The topological polar surface area (TPSA) is 63.8 Å². The molecule has 142 valence electrons. The second-order valence-electron chi connectivity index (χ2n) is 6.63. The Balaban J connectivity index is 2.01. The minimum atomic E-state index is -0.123. The van der Waals surface area contributed by atoms with E-state index in [1.165, 1.54) is 0 Å². The molecule has 0 spiro atoms. The summed E-state index contributed by atoms with van der Waals surface area (Å²) in [6.45, 7) is 5.17. The molecule has 1 heterocycles. The van der Waals surface area contributed by atoms with Gasteiger partial charge in [0, 0.05) is 15.4 Å². The molecule has 2 aromatic carbocycles. The first-order chi connectivity index (χ1) is 13.1. The van der Waals surface area contributed by atoms with Crippen LogP contribution in [0.1, 0.15) is 37.3 Å². The Kier molecular flexibility index (Phi) is 6.16. The number of benzene rings is 2. The molecule has 0 saturated carbocycles. The number of aryl methyl sites for hydroxylation is 1. The average molecular weight is 431 g/mol. The quantitative estimate of drug-likeness (QED) is 0.330. The lowest BCUT2D eigenvalue weighted by Gasteiger charge is -2.14. The highest BCUT2D eigenvalue weighted by molar-refractivity contribution is 9.10. The number of fused-ring (bicyclic) bond motifs is 1. The number of nitrogens with zero attached hydrogens (tertiary/aromatic N) is 2. The van der Waals surface area contributed by atoms with Crippen LogP contribution in [0.5, 0.6) is 11.6 Å². The summed E-state index contributed by atoms with van der Waals surface area (Å²) in [5.74, 6) is 0.673. The van der Waals surface area contributed by atoms with Gasteiger partial charge in [0.15, 0.2) is 5.69 Å². The smallest absolute Gasteiger partial charge is 0.222 e.